The Morgan fingerprint density at radius 1 is 1.17 bits per heavy atom. The highest BCUT2D eigenvalue weighted by molar-refractivity contribution is 5.90. The maximum absolute atomic E-state index is 4.65. The van der Waals surface area contributed by atoms with Crippen molar-refractivity contribution in [1.29, 1.82) is 0 Å². The Morgan fingerprint density at radius 2 is 2.00 bits per heavy atom. The summed E-state index contributed by atoms with van der Waals surface area (Å²) >= 11 is 0. The number of aryl methyl sites for hydroxylation is 1. The molecular formula is C16H16N2. The van der Waals surface area contributed by atoms with E-state index in [0.717, 1.165) is 28.8 Å². The van der Waals surface area contributed by atoms with Crippen LogP contribution in [0.5, 0.6) is 0 Å². The van der Waals surface area contributed by atoms with Crippen LogP contribution in [0.3, 0.4) is 0 Å². The second-order valence-corrected chi connectivity index (χ2v) is 4.89. The molecule has 3 rings (SSSR count). The van der Waals surface area contributed by atoms with Crippen molar-refractivity contribution in [1.82, 2.24) is 9.97 Å². The van der Waals surface area contributed by atoms with Crippen molar-refractivity contribution in [2.24, 2.45) is 5.92 Å². The molecule has 2 aromatic rings. The van der Waals surface area contributed by atoms with Gasteiger partial charge < -0.3 is 0 Å². The summed E-state index contributed by atoms with van der Waals surface area (Å²) < 4.78 is 0. The van der Waals surface area contributed by atoms with E-state index in [9.17, 15) is 0 Å². The lowest BCUT2D eigenvalue weighted by molar-refractivity contribution is 0.746. The van der Waals surface area contributed by atoms with E-state index in [2.05, 4.69) is 47.3 Å². The molecule has 1 heterocycles. The third kappa shape index (κ3) is 1.94. The summed E-state index contributed by atoms with van der Waals surface area (Å²) in [5.74, 6) is 1.42. The highest BCUT2D eigenvalue weighted by atomic mass is 14.9. The molecule has 0 saturated carbocycles. The first-order valence-corrected chi connectivity index (χ1v) is 6.35. The number of nitrogens with zero attached hydrogens (tertiary/aromatic N) is 2. The van der Waals surface area contributed by atoms with Crippen molar-refractivity contribution in [3.05, 3.63) is 54.0 Å². The Labute approximate surface area is 107 Å². The van der Waals surface area contributed by atoms with Crippen molar-refractivity contribution in [2.45, 2.75) is 20.3 Å². The maximum Gasteiger partial charge on any atom is 0.126 e. The van der Waals surface area contributed by atoms with Crippen LogP contribution < -0.4 is 0 Å². The first-order valence-electron chi connectivity index (χ1n) is 6.35. The second-order valence-electron chi connectivity index (χ2n) is 4.89. The second kappa shape index (κ2) is 4.37. The minimum Gasteiger partial charge on any atom is -0.233 e. The summed E-state index contributed by atoms with van der Waals surface area (Å²) in [6.45, 7) is 4.19. The number of benzene rings is 1. The van der Waals surface area contributed by atoms with Crippen molar-refractivity contribution in [3.8, 4) is 0 Å². The third-order valence-electron chi connectivity index (χ3n) is 3.30. The van der Waals surface area contributed by atoms with Gasteiger partial charge in [-0.05, 0) is 30.9 Å². The number of rotatable bonds is 1. The SMILES string of the molecule is Cc1nc(C2=CC=CC(C)C2)c2ccccc2n1. The van der Waals surface area contributed by atoms with Crippen LogP contribution in [0, 0.1) is 12.8 Å². The molecule has 0 fully saturated rings. The van der Waals surface area contributed by atoms with Gasteiger partial charge in [0.2, 0.25) is 0 Å². The highest BCUT2D eigenvalue weighted by Gasteiger charge is 2.13. The number of fused-ring (bicyclic) bond motifs is 1. The summed E-state index contributed by atoms with van der Waals surface area (Å²) in [4.78, 5) is 9.14. The lowest BCUT2D eigenvalue weighted by atomic mass is 9.92. The third-order valence-corrected chi connectivity index (χ3v) is 3.30. The van der Waals surface area contributed by atoms with E-state index in [4.69, 9.17) is 0 Å². The normalized spacial score (nSPS) is 19.0. The van der Waals surface area contributed by atoms with Gasteiger partial charge >= 0.3 is 0 Å². The fraction of sp³-hybridized carbons (Fsp3) is 0.250. The topological polar surface area (TPSA) is 25.8 Å². The van der Waals surface area contributed by atoms with E-state index in [1.807, 2.05) is 19.1 Å². The van der Waals surface area contributed by atoms with Gasteiger partial charge in [-0.15, -0.1) is 0 Å². The Balaban J connectivity index is 2.22. The minimum absolute atomic E-state index is 0.582. The van der Waals surface area contributed by atoms with Gasteiger partial charge in [0, 0.05) is 5.39 Å². The van der Waals surface area contributed by atoms with Crippen molar-refractivity contribution in [2.75, 3.05) is 0 Å². The van der Waals surface area contributed by atoms with Gasteiger partial charge in [-0.2, -0.15) is 0 Å². The number of allylic oxidation sites excluding steroid dienone is 4. The van der Waals surface area contributed by atoms with Crippen molar-refractivity contribution in [3.63, 3.8) is 0 Å². The zero-order valence-corrected chi connectivity index (χ0v) is 10.7. The minimum atomic E-state index is 0.582. The maximum atomic E-state index is 4.65. The number of para-hydroxylation sites is 1. The number of aromatic nitrogens is 2. The van der Waals surface area contributed by atoms with Gasteiger partial charge in [0.15, 0.2) is 0 Å². The molecule has 2 nitrogen and oxygen atoms in total. The zero-order valence-electron chi connectivity index (χ0n) is 10.7. The largest absolute Gasteiger partial charge is 0.233 e. The summed E-state index contributed by atoms with van der Waals surface area (Å²) in [6, 6.07) is 8.23. The van der Waals surface area contributed by atoms with E-state index in [-0.39, 0.29) is 0 Å². The Kier molecular flexibility index (Phi) is 2.71. The van der Waals surface area contributed by atoms with Crippen molar-refractivity contribution >= 4 is 16.5 Å². The molecule has 1 aliphatic rings. The standard InChI is InChI=1S/C16H16N2/c1-11-6-5-7-13(10-11)16-14-8-3-4-9-15(14)17-12(2)18-16/h3-9,11H,10H2,1-2H3. The number of hydrogen-bond acceptors (Lipinski definition) is 2. The quantitative estimate of drug-likeness (QED) is 0.750. The molecule has 0 aliphatic heterocycles. The molecule has 0 bridgehead atoms. The molecule has 0 amide bonds. The van der Waals surface area contributed by atoms with Gasteiger partial charge in [0.05, 0.1) is 11.2 Å². The molecule has 1 unspecified atom stereocenters. The molecule has 90 valence electrons. The molecule has 0 spiro atoms. The Bertz CT molecular complexity index is 653. The molecule has 2 heteroatoms. The molecule has 1 aliphatic carbocycles. The fourth-order valence-corrected chi connectivity index (χ4v) is 2.46. The summed E-state index contributed by atoms with van der Waals surface area (Å²) in [6.07, 6.45) is 7.60. The van der Waals surface area contributed by atoms with Gasteiger partial charge in [-0.1, -0.05) is 43.4 Å². The van der Waals surface area contributed by atoms with E-state index in [1.54, 1.807) is 0 Å². The molecule has 1 aromatic carbocycles. The molecule has 1 atom stereocenters. The fourth-order valence-electron chi connectivity index (χ4n) is 2.46. The predicted molar refractivity (Wildman–Crippen MR) is 75.2 cm³/mol. The molecule has 0 radical (unpaired) electrons. The molecule has 0 N–H and O–H groups in total. The Hall–Kier alpha value is -1.96. The summed E-state index contributed by atoms with van der Waals surface area (Å²) in [7, 11) is 0. The van der Waals surface area contributed by atoms with E-state index in [0.29, 0.717) is 5.92 Å². The van der Waals surface area contributed by atoms with Gasteiger partial charge in [-0.3, -0.25) is 0 Å². The molecule has 18 heavy (non-hydrogen) atoms. The summed E-state index contributed by atoms with van der Waals surface area (Å²) in [5.41, 5.74) is 3.43. The zero-order chi connectivity index (χ0) is 12.5. The molecular weight excluding hydrogens is 220 g/mol. The van der Waals surface area contributed by atoms with Crippen molar-refractivity contribution < 1.29 is 0 Å². The van der Waals surface area contributed by atoms with Crippen LogP contribution in [0.2, 0.25) is 0 Å². The lowest BCUT2D eigenvalue weighted by Crippen LogP contribution is -2.02. The molecule has 1 aromatic heterocycles. The van der Waals surface area contributed by atoms with Gasteiger partial charge in [0.1, 0.15) is 5.82 Å². The monoisotopic (exact) mass is 236 g/mol. The van der Waals surface area contributed by atoms with Crippen LogP contribution in [0.1, 0.15) is 24.9 Å². The average Bonchev–Trinajstić information content (AvgIpc) is 2.37. The smallest absolute Gasteiger partial charge is 0.126 e. The predicted octanol–water partition coefficient (Wildman–Crippen LogP) is 3.92. The van der Waals surface area contributed by atoms with E-state index < -0.39 is 0 Å². The molecule has 0 saturated heterocycles. The van der Waals surface area contributed by atoms with Crippen LogP contribution in [-0.4, -0.2) is 9.97 Å². The van der Waals surface area contributed by atoms with Crippen LogP contribution in [0.15, 0.2) is 42.5 Å². The first kappa shape index (κ1) is 11.1. The highest BCUT2D eigenvalue weighted by Crippen LogP contribution is 2.30. The summed E-state index contributed by atoms with van der Waals surface area (Å²) in [5, 5.41) is 1.15. The van der Waals surface area contributed by atoms with Gasteiger partial charge in [-0.25, -0.2) is 9.97 Å². The van der Waals surface area contributed by atoms with Gasteiger partial charge in [0.25, 0.3) is 0 Å². The van der Waals surface area contributed by atoms with Crippen LogP contribution >= 0.6 is 0 Å². The van der Waals surface area contributed by atoms with Crippen LogP contribution in [0.4, 0.5) is 0 Å². The average molecular weight is 236 g/mol. The Morgan fingerprint density at radius 3 is 2.83 bits per heavy atom. The first-order chi connectivity index (χ1) is 8.74. The van der Waals surface area contributed by atoms with E-state index >= 15 is 0 Å². The number of hydrogen-bond donors (Lipinski definition) is 0. The lowest BCUT2D eigenvalue weighted by Gasteiger charge is -2.16. The van der Waals surface area contributed by atoms with E-state index in [1.165, 1.54) is 5.57 Å². The van der Waals surface area contributed by atoms with Crippen LogP contribution in [0.25, 0.3) is 16.5 Å². The van der Waals surface area contributed by atoms with Crippen LogP contribution in [-0.2, 0) is 0 Å².